The Kier molecular flexibility index (Phi) is 3.92. The van der Waals surface area contributed by atoms with Gasteiger partial charge >= 0.3 is 0 Å². The van der Waals surface area contributed by atoms with Crippen LogP contribution in [0.1, 0.15) is 6.92 Å². The minimum Gasteiger partial charge on any atom is -0.460 e. The van der Waals surface area contributed by atoms with Crippen LogP contribution in [0.4, 0.5) is 17.5 Å². The van der Waals surface area contributed by atoms with Crippen LogP contribution in [0, 0.1) is 0 Å². The van der Waals surface area contributed by atoms with E-state index in [1.165, 1.54) is 0 Å². The van der Waals surface area contributed by atoms with Gasteiger partial charge in [-0.2, -0.15) is 9.97 Å². The van der Waals surface area contributed by atoms with E-state index in [-0.39, 0.29) is 11.8 Å². The van der Waals surface area contributed by atoms with E-state index < -0.39 is 0 Å². The molecular formula is C8H16N6O. The van der Waals surface area contributed by atoms with E-state index in [2.05, 4.69) is 20.6 Å². The molecule has 0 atom stereocenters. The van der Waals surface area contributed by atoms with E-state index in [4.69, 9.17) is 16.2 Å². The van der Waals surface area contributed by atoms with Crippen molar-refractivity contribution in [2.75, 3.05) is 37.1 Å². The van der Waals surface area contributed by atoms with Crippen LogP contribution in [0.2, 0.25) is 0 Å². The van der Waals surface area contributed by atoms with Crippen LogP contribution in [0.15, 0.2) is 0 Å². The quantitative estimate of drug-likeness (QED) is 0.389. The molecule has 1 aromatic heterocycles. The molecule has 0 radical (unpaired) electrons. The molecule has 1 rings (SSSR count). The average Bonchev–Trinajstić information content (AvgIpc) is 2.23. The van der Waals surface area contributed by atoms with Gasteiger partial charge in [0.15, 0.2) is 5.82 Å². The normalized spacial score (nSPS) is 10.0. The fourth-order valence-corrected chi connectivity index (χ4v) is 0.987. The van der Waals surface area contributed by atoms with Gasteiger partial charge in [-0.05, 0) is 6.54 Å². The molecule has 0 spiro atoms. The first kappa shape index (κ1) is 11.3. The molecule has 6 N–H and O–H groups in total. The molecule has 7 heteroatoms. The molecule has 1 aromatic rings. The van der Waals surface area contributed by atoms with Gasteiger partial charge in [0, 0.05) is 7.05 Å². The van der Waals surface area contributed by atoms with Crippen molar-refractivity contribution >= 4 is 17.5 Å². The van der Waals surface area contributed by atoms with Crippen molar-refractivity contribution in [3.8, 4) is 5.88 Å². The highest BCUT2D eigenvalue weighted by Crippen LogP contribution is 2.25. The summed E-state index contributed by atoms with van der Waals surface area (Å²) in [5, 5.41) is 5.79. The first-order chi connectivity index (χ1) is 7.19. The van der Waals surface area contributed by atoms with Gasteiger partial charge in [0.1, 0.15) is 12.4 Å². The molecule has 0 aliphatic rings. The van der Waals surface area contributed by atoms with E-state index in [1.54, 1.807) is 7.05 Å². The highest BCUT2D eigenvalue weighted by atomic mass is 16.5. The van der Waals surface area contributed by atoms with E-state index in [1.807, 2.05) is 6.92 Å². The molecule has 7 nitrogen and oxygen atoms in total. The fraction of sp³-hybridized carbons (Fsp3) is 0.500. The number of nitrogen functional groups attached to an aromatic ring is 2. The van der Waals surface area contributed by atoms with Crippen molar-refractivity contribution in [1.29, 1.82) is 0 Å². The van der Waals surface area contributed by atoms with Crippen molar-refractivity contribution in [2.24, 2.45) is 0 Å². The molecule has 0 aromatic carbocycles. The van der Waals surface area contributed by atoms with Crippen molar-refractivity contribution in [2.45, 2.75) is 6.92 Å². The number of anilines is 3. The third-order valence-electron chi connectivity index (χ3n) is 1.73. The van der Waals surface area contributed by atoms with Crippen LogP contribution < -0.4 is 26.8 Å². The second kappa shape index (κ2) is 5.20. The molecule has 0 amide bonds. The van der Waals surface area contributed by atoms with Crippen LogP contribution in [0.5, 0.6) is 5.88 Å². The molecule has 0 fully saturated rings. The smallest absolute Gasteiger partial charge is 0.245 e. The number of nitrogens with one attached hydrogen (secondary N) is 2. The van der Waals surface area contributed by atoms with Crippen molar-refractivity contribution < 1.29 is 4.74 Å². The third-order valence-corrected chi connectivity index (χ3v) is 1.73. The maximum Gasteiger partial charge on any atom is 0.245 e. The molecule has 0 bridgehead atoms. The van der Waals surface area contributed by atoms with E-state index >= 15 is 0 Å². The Bertz CT molecular complexity index is 329. The summed E-state index contributed by atoms with van der Waals surface area (Å²) in [6.45, 7) is 3.11. The number of ether oxygens (including phenoxy) is 1. The SMILES string of the molecule is CCNCOc1nc(N)nc(NC)c1N. The summed E-state index contributed by atoms with van der Waals surface area (Å²) in [6, 6.07) is 0. The highest BCUT2D eigenvalue weighted by Gasteiger charge is 2.10. The van der Waals surface area contributed by atoms with Crippen LogP contribution in [0.25, 0.3) is 0 Å². The highest BCUT2D eigenvalue weighted by molar-refractivity contribution is 5.68. The van der Waals surface area contributed by atoms with Gasteiger partial charge in [-0.15, -0.1) is 0 Å². The fourth-order valence-electron chi connectivity index (χ4n) is 0.987. The van der Waals surface area contributed by atoms with Gasteiger partial charge < -0.3 is 21.5 Å². The second-order valence-electron chi connectivity index (χ2n) is 2.79. The van der Waals surface area contributed by atoms with Gasteiger partial charge in [0.05, 0.1) is 0 Å². The first-order valence-electron chi connectivity index (χ1n) is 4.63. The van der Waals surface area contributed by atoms with E-state index in [0.29, 0.717) is 18.2 Å². The minimum absolute atomic E-state index is 0.125. The molecular weight excluding hydrogens is 196 g/mol. The lowest BCUT2D eigenvalue weighted by Crippen LogP contribution is -2.20. The lowest BCUT2D eigenvalue weighted by Gasteiger charge is -2.11. The lowest BCUT2D eigenvalue weighted by molar-refractivity contribution is 0.278. The van der Waals surface area contributed by atoms with Crippen molar-refractivity contribution in [1.82, 2.24) is 15.3 Å². The zero-order chi connectivity index (χ0) is 11.3. The van der Waals surface area contributed by atoms with Gasteiger partial charge in [-0.3, -0.25) is 5.32 Å². The van der Waals surface area contributed by atoms with Gasteiger partial charge in [-0.25, -0.2) is 0 Å². The zero-order valence-corrected chi connectivity index (χ0v) is 8.87. The Morgan fingerprint density at radius 1 is 1.33 bits per heavy atom. The molecule has 0 saturated carbocycles. The molecule has 0 saturated heterocycles. The maximum atomic E-state index is 5.75. The predicted molar refractivity (Wildman–Crippen MR) is 59.6 cm³/mol. The first-order valence-corrected chi connectivity index (χ1v) is 4.63. The second-order valence-corrected chi connectivity index (χ2v) is 2.79. The van der Waals surface area contributed by atoms with Gasteiger partial charge in [0.2, 0.25) is 11.8 Å². The average molecular weight is 212 g/mol. The molecule has 0 unspecified atom stereocenters. The molecule has 15 heavy (non-hydrogen) atoms. The molecule has 84 valence electrons. The lowest BCUT2D eigenvalue weighted by atomic mass is 10.4. The number of aromatic nitrogens is 2. The summed E-state index contributed by atoms with van der Waals surface area (Å²) >= 11 is 0. The third kappa shape index (κ3) is 2.84. The van der Waals surface area contributed by atoms with Gasteiger partial charge in [0.25, 0.3) is 0 Å². The Labute approximate surface area is 88.2 Å². The van der Waals surface area contributed by atoms with Crippen LogP contribution >= 0.6 is 0 Å². The summed E-state index contributed by atoms with van der Waals surface area (Å²) < 4.78 is 5.29. The molecule has 0 aliphatic carbocycles. The van der Waals surface area contributed by atoms with Crippen LogP contribution in [-0.2, 0) is 0 Å². The van der Waals surface area contributed by atoms with Crippen LogP contribution in [-0.4, -0.2) is 30.3 Å². The number of nitrogens with two attached hydrogens (primary N) is 2. The minimum atomic E-state index is 0.125. The number of rotatable bonds is 5. The maximum absolute atomic E-state index is 5.75. The number of hydrogen-bond acceptors (Lipinski definition) is 7. The van der Waals surface area contributed by atoms with Crippen molar-refractivity contribution in [3.05, 3.63) is 0 Å². The van der Waals surface area contributed by atoms with Crippen LogP contribution in [0.3, 0.4) is 0 Å². The summed E-state index contributed by atoms with van der Waals surface area (Å²) in [5.41, 5.74) is 11.6. The Morgan fingerprint density at radius 3 is 2.67 bits per heavy atom. The Hall–Kier alpha value is -1.76. The summed E-state index contributed by atoms with van der Waals surface area (Å²) in [6.07, 6.45) is 0. The standard InChI is InChI=1S/C8H16N6O/c1-3-12-4-15-7-5(9)6(11-2)13-8(10)14-7/h12H,3-4,9H2,1-2H3,(H3,10,11,13,14). The zero-order valence-electron chi connectivity index (χ0n) is 8.87. The summed E-state index contributed by atoms with van der Waals surface area (Å²) in [5.74, 6) is 0.877. The van der Waals surface area contributed by atoms with Gasteiger partial charge in [-0.1, -0.05) is 6.92 Å². The topological polar surface area (TPSA) is 111 Å². The van der Waals surface area contributed by atoms with E-state index in [0.717, 1.165) is 6.54 Å². The van der Waals surface area contributed by atoms with E-state index in [9.17, 15) is 0 Å². The molecule has 1 heterocycles. The predicted octanol–water partition coefficient (Wildman–Crippen LogP) is -0.371. The summed E-state index contributed by atoms with van der Waals surface area (Å²) in [4.78, 5) is 7.80. The Balaban J connectivity index is 2.81. The van der Waals surface area contributed by atoms with Crippen molar-refractivity contribution in [3.63, 3.8) is 0 Å². The molecule has 0 aliphatic heterocycles. The Morgan fingerprint density at radius 2 is 2.07 bits per heavy atom. The number of nitrogens with zero attached hydrogens (tertiary/aromatic N) is 2. The largest absolute Gasteiger partial charge is 0.460 e. The number of hydrogen-bond donors (Lipinski definition) is 4. The summed E-state index contributed by atoms with van der Waals surface area (Å²) in [7, 11) is 1.70. The monoisotopic (exact) mass is 212 g/mol.